The van der Waals surface area contributed by atoms with Gasteiger partial charge in [0.2, 0.25) is 0 Å². The second kappa shape index (κ2) is 7.87. The normalized spacial score (nSPS) is 11.1. The smallest absolute Gasteiger partial charge is 0.358 e. The SMILES string of the molecule is CCc1cc2oc(=O)cc(COC(=O)c3csc(-c4ccsc4)n3)c2cc1Cl. The number of benzene rings is 1. The highest BCUT2D eigenvalue weighted by Gasteiger charge is 2.16. The summed E-state index contributed by atoms with van der Waals surface area (Å²) in [6.45, 7) is 1.89. The van der Waals surface area contributed by atoms with Crippen molar-refractivity contribution in [3.63, 3.8) is 0 Å². The fourth-order valence-electron chi connectivity index (χ4n) is 2.78. The van der Waals surface area contributed by atoms with Crippen molar-refractivity contribution in [3.05, 3.63) is 72.7 Å². The van der Waals surface area contributed by atoms with Crippen molar-refractivity contribution < 1.29 is 13.9 Å². The van der Waals surface area contributed by atoms with Crippen molar-refractivity contribution >= 4 is 51.2 Å². The van der Waals surface area contributed by atoms with Crippen molar-refractivity contribution in [2.45, 2.75) is 20.0 Å². The molecule has 0 spiro atoms. The number of nitrogens with zero attached hydrogens (tertiary/aromatic N) is 1. The van der Waals surface area contributed by atoms with Gasteiger partial charge in [0.1, 0.15) is 17.2 Å². The van der Waals surface area contributed by atoms with Crippen molar-refractivity contribution in [2.24, 2.45) is 0 Å². The maximum Gasteiger partial charge on any atom is 0.358 e. The molecule has 0 amide bonds. The van der Waals surface area contributed by atoms with Crippen LogP contribution in [0.1, 0.15) is 28.5 Å². The van der Waals surface area contributed by atoms with Gasteiger partial charge in [0.05, 0.1) is 0 Å². The zero-order valence-corrected chi connectivity index (χ0v) is 17.1. The van der Waals surface area contributed by atoms with Crippen LogP contribution < -0.4 is 5.63 Å². The maximum absolute atomic E-state index is 12.4. The molecule has 8 heteroatoms. The average Bonchev–Trinajstić information content (AvgIpc) is 3.37. The standard InChI is InChI=1S/C20H14ClNO4S2/c1-2-11-5-17-14(7-15(11)21)13(6-18(23)26-17)8-25-20(24)16-10-28-19(22-16)12-3-4-27-9-12/h3-7,9-10H,2,8H2,1H3. The fourth-order valence-corrected chi connectivity index (χ4v) is 4.58. The first-order valence-electron chi connectivity index (χ1n) is 8.45. The summed E-state index contributed by atoms with van der Waals surface area (Å²) >= 11 is 9.24. The molecule has 0 bridgehead atoms. The van der Waals surface area contributed by atoms with E-state index in [2.05, 4.69) is 4.98 Å². The van der Waals surface area contributed by atoms with Gasteiger partial charge in [0.25, 0.3) is 0 Å². The largest absolute Gasteiger partial charge is 0.456 e. The summed E-state index contributed by atoms with van der Waals surface area (Å²) in [5.41, 5.74) is 2.56. The van der Waals surface area contributed by atoms with E-state index in [1.54, 1.807) is 28.8 Å². The van der Waals surface area contributed by atoms with E-state index in [0.717, 1.165) is 16.1 Å². The van der Waals surface area contributed by atoms with E-state index in [-0.39, 0.29) is 12.3 Å². The number of halogens is 1. The molecular weight excluding hydrogens is 418 g/mol. The van der Waals surface area contributed by atoms with Crippen LogP contribution in [0.4, 0.5) is 0 Å². The summed E-state index contributed by atoms with van der Waals surface area (Å²) in [5, 5.41) is 7.58. The number of thiophene rings is 1. The molecule has 4 rings (SSSR count). The van der Waals surface area contributed by atoms with Gasteiger partial charge in [0, 0.05) is 38.4 Å². The van der Waals surface area contributed by atoms with Crippen molar-refractivity contribution in [3.8, 4) is 10.6 Å². The first-order valence-corrected chi connectivity index (χ1v) is 10.7. The molecule has 0 unspecified atom stereocenters. The van der Waals surface area contributed by atoms with E-state index in [1.807, 2.05) is 23.8 Å². The molecule has 0 radical (unpaired) electrons. The molecule has 3 heterocycles. The molecule has 1 aromatic carbocycles. The number of rotatable bonds is 5. The highest BCUT2D eigenvalue weighted by molar-refractivity contribution is 7.14. The Balaban J connectivity index is 1.58. The number of ether oxygens (including phenoxy) is 1. The molecule has 0 saturated carbocycles. The van der Waals surface area contributed by atoms with Gasteiger partial charge in [-0.1, -0.05) is 18.5 Å². The van der Waals surface area contributed by atoms with Crippen LogP contribution in [-0.2, 0) is 17.8 Å². The molecule has 4 aromatic rings. The number of hydrogen-bond donors (Lipinski definition) is 0. The molecular formula is C20H14ClNO4S2. The van der Waals surface area contributed by atoms with Crippen molar-refractivity contribution in [1.82, 2.24) is 4.98 Å². The minimum atomic E-state index is -0.546. The summed E-state index contributed by atoms with van der Waals surface area (Å²) < 4.78 is 10.7. The number of fused-ring (bicyclic) bond motifs is 1. The number of thiazole rings is 1. The molecule has 142 valence electrons. The molecule has 0 aliphatic heterocycles. The second-order valence-corrected chi connectivity index (χ2v) is 8.06. The lowest BCUT2D eigenvalue weighted by atomic mass is 10.1. The lowest BCUT2D eigenvalue weighted by Crippen LogP contribution is -2.08. The Hall–Kier alpha value is -2.48. The molecule has 0 fully saturated rings. The Labute approximate surface area is 173 Å². The number of carbonyl (C=O) groups excluding carboxylic acids is 1. The summed E-state index contributed by atoms with van der Waals surface area (Å²) in [6.07, 6.45) is 0.716. The predicted octanol–water partition coefficient (Wildman–Crippen LogP) is 5.55. The Morgan fingerprint density at radius 2 is 2.11 bits per heavy atom. The van der Waals surface area contributed by atoms with Crippen LogP contribution in [0.25, 0.3) is 21.5 Å². The van der Waals surface area contributed by atoms with Gasteiger partial charge < -0.3 is 9.15 Å². The molecule has 0 saturated heterocycles. The summed E-state index contributed by atoms with van der Waals surface area (Å²) in [5.74, 6) is -0.546. The average molecular weight is 432 g/mol. The van der Waals surface area contributed by atoms with E-state index < -0.39 is 11.6 Å². The summed E-state index contributed by atoms with van der Waals surface area (Å²) in [4.78, 5) is 28.6. The minimum Gasteiger partial charge on any atom is -0.456 e. The molecule has 0 atom stereocenters. The summed E-state index contributed by atoms with van der Waals surface area (Å²) in [7, 11) is 0. The van der Waals surface area contributed by atoms with Crippen molar-refractivity contribution in [2.75, 3.05) is 0 Å². The van der Waals surface area contributed by atoms with Crippen LogP contribution in [0.15, 0.2) is 49.6 Å². The number of carbonyl (C=O) groups is 1. The van der Waals surface area contributed by atoms with Crippen LogP contribution in [0.3, 0.4) is 0 Å². The van der Waals surface area contributed by atoms with Gasteiger partial charge in [0.15, 0.2) is 5.69 Å². The van der Waals surface area contributed by atoms with E-state index >= 15 is 0 Å². The molecule has 0 aliphatic carbocycles. The van der Waals surface area contributed by atoms with E-state index in [1.165, 1.54) is 17.4 Å². The Morgan fingerprint density at radius 1 is 1.25 bits per heavy atom. The Kier molecular flexibility index (Phi) is 5.30. The van der Waals surface area contributed by atoms with Crippen LogP contribution in [0.5, 0.6) is 0 Å². The number of aromatic nitrogens is 1. The molecule has 3 aromatic heterocycles. The highest BCUT2D eigenvalue weighted by Crippen LogP contribution is 2.28. The maximum atomic E-state index is 12.4. The van der Waals surface area contributed by atoms with Gasteiger partial charge in [-0.3, -0.25) is 0 Å². The minimum absolute atomic E-state index is 0.0754. The van der Waals surface area contributed by atoms with Crippen LogP contribution in [-0.4, -0.2) is 11.0 Å². The lowest BCUT2D eigenvalue weighted by molar-refractivity contribution is 0.0468. The van der Waals surface area contributed by atoms with Gasteiger partial charge in [-0.25, -0.2) is 14.6 Å². The first kappa shape index (κ1) is 18.9. The Bertz CT molecular complexity index is 1210. The predicted molar refractivity (Wildman–Crippen MR) is 111 cm³/mol. The van der Waals surface area contributed by atoms with Crippen LogP contribution in [0, 0.1) is 0 Å². The van der Waals surface area contributed by atoms with Gasteiger partial charge >= 0.3 is 11.6 Å². The number of esters is 1. The molecule has 0 N–H and O–H groups in total. The molecule has 0 aliphatic rings. The number of aryl methyl sites for hydroxylation is 1. The molecule has 5 nitrogen and oxygen atoms in total. The zero-order chi connectivity index (χ0) is 19.7. The zero-order valence-electron chi connectivity index (χ0n) is 14.7. The third kappa shape index (κ3) is 3.73. The van der Waals surface area contributed by atoms with E-state index in [0.29, 0.717) is 28.0 Å². The van der Waals surface area contributed by atoms with Crippen LogP contribution >= 0.6 is 34.3 Å². The third-order valence-electron chi connectivity index (χ3n) is 4.22. The van der Waals surface area contributed by atoms with Gasteiger partial charge in [-0.15, -0.1) is 11.3 Å². The lowest BCUT2D eigenvalue weighted by Gasteiger charge is -2.08. The van der Waals surface area contributed by atoms with Gasteiger partial charge in [-0.2, -0.15) is 11.3 Å². The summed E-state index contributed by atoms with van der Waals surface area (Å²) in [6, 6.07) is 6.75. The quantitative estimate of drug-likeness (QED) is 0.306. The van der Waals surface area contributed by atoms with E-state index in [4.69, 9.17) is 20.8 Å². The topological polar surface area (TPSA) is 69.4 Å². The second-order valence-electron chi connectivity index (χ2n) is 6.01. The monoisotopic (exact) mass is 431 g/mol. The first-order chi connectivity index (χ1) is 13.5. The third-order valence-corrected chi connectivity index (χ3v) is 6.14. The number of hydrogen-bond acceptors (Lipinski definition) is 7. The fraction of sp³-hybridized carbons (Fsp3) is 0.150. The molecule has 28 heavy (non-hydrogen) atoms. The van der Waals surface area contributed by atoms with Crippen molar-refractivity contribution in [1.29, 1.82) is 0 Å². The van der Waals surface area contributed by atoms with Gasteiger partial charge in [-0.05, 0) is 35.6 Å². The van der Waals surface area contributed by atoms with Crippen LogP contribution in [0.2, 0.25) is 5.02 Å². The Morgan fingerprint density at radius 3 is 2.86 bits per heavy atom. The highest BCUT2D eigenvalue weighted by atomic mass is 35.5. The van der Waals surface area contributed by atoms with E-state index in [9.17, 15) is 9.59 Å².